The van der Waals surface area contributed by atoms with Gasteiger partial charge in [-0.05, 0) is 23.8 Å². The summed E-state index contributed by atoms with van der Waals surface area (Å²) >= 11 is 0. The molecule has 0 bridgehead atoms. The minimum absolute atomic E-state index is 0.177. The first kappa shape index (κ1) is 13.8. The van der Waals surface area contributed by atoms with Crippen molar-refractivity contribution in [1.82, 2.24) is 9.78 Å². The average Bonchev–Trinajstić information content (AvgIpc) is 2.99. The predicted molar refractivity (Wildman–Crippen MR) is 85.9 cm³/mol. The topological polar surface area (TPSA) is 55.1 Å². The molecule has 1 N–H and O–H groups in total. The highest BCUT2D eigenvalue weighted by Gasteiger charge is 2.14. The van der Waals surface area contributed by atoms with E-state index in [0.29, 0.717) is 5.69 Å². The highest BCUT2D eigenvalue weighted by molar-refractivity contribution is 5.92. The third kappa shape index (κ3) is 2.96. The molecule has 0 radical (unpaired) electrons. The number of hydrogen-bond acceptors (Lipinski definition) is 2. The first-order chi connectivity index (χ1) is 10.7. The van der Waals surface area contributed by atoms with Crippen molar-refractivity contribution in [1.29, 1.82) is 0 Å². The number of benzene rings is 2. The Bertz CT molecular complexity index is 806. The molecule has 4 nitrogen and oxygen atoms in total. The van der Waals surface area contributed by atoms with Gasteiger partial charge in [0.1, 0.15) is 11.3 Å². The fourth-order valence-electron chi connectivity index (χ4n) is 2.13. The predicted octanol–water partition coefficient (Wildman–Crippen LogP) is 3.74. The highest BCUT2D eigenvalue weighted by Crippen LogP contribution is 2.15. The largest absolute Gasteiger partial charge is 0.478 e. The molecule has 108 valence electrons. The maximum absolute atomic E-state index is 11.4. The summed E-state index contributed by atoms with van der Waals surface area (Å²) in [5.41, 5.74) is 2.42. The van der Waals surface area contributed by atoms with Crippen LogP contribution in [0.4, 0.5) is 0 Å². The van der Waals surface area contributed by atoms with Crippen LogP contribution in [0.3, 0.4) is 0 Å². The molecule has 0 aliphatic carbocycles. The van der Waals surface area contributed by atoms with E-state index in [2.05, 4.69) is 5.10 Å². The second-order valence-corrected chi connectivity index (χ2v) is 4.76. The number of rotatable bonds is 4. The Balaban J connectivity index is 1.98. The van der Waals surface area contributed by atoms with Crippen molar-refractivity contribution in [3.05, 3.63) is 83.7 Å². The van der Waals surface area contributed by atoms with E-state index in [0.717, 1.165) is 11.3 Å². The first-order valence-corrected chi connectivity index (χ1v) is 6.85. The molecule has 2 aromatic carbocycles. The van der Waals surface area contributed by atoms with Gasteiger partial charge in [-0.2, -0.15) is 5.10 Å². The van der Waals surface area contributed by atoms with Gasteiger partial charge in [-0.15, -0.1) is 0 Å². The van der Waals surface area contributed by atoms with Crippen molar-refractivity contribution >= 4 is 18.1 Å². The summed E-state index contributed by atoms with van der Waals surface area (Å²) in [4.78, 5) is 11.4. The Hall–Kier alpha value is -3.14. The van der Waals surface area contributed by atoms with E-state index in [1.165, 1.54) is 6.20 Å². The summed E-state index contributed by atoms with van der Waals surface area (Å²) in [6, 6.07) is 19.1. The zero-order chi connectivity index (χ0) is 15.4. The monoisotopic (exact) mass is 290 g/mol. The molecular weight excluding hydrogens is 276 g/mol. The van der Waals surface area contributed by atoms with E-state index in [-0.39, 0.29) is 5.56 Å². The normalized spacial score (nSPS) is 10.9. The molecule has 0 saturated carbocycles. The van der Waals surface area contributed by atoms with Gasteiger partial charge in [0, 0.05) is 6.20 Å². The molecule has 0 aliphatic rings. The van der Waals surface area contributed by atoms with Gasteiger partial charge in [0.05, 0.1) is 5.69 Å². The number of para-hydroxylation sites is 1. The summed E-state index contributed by atoms with van der Waals surface area (Å²) < 4.78 is 1.58. The number of carboxylic acid groups (broad SMARTS) is 1. The number of carboxylic acids is 1. The summed E-state index contributed by atoms with van der Waals surface area (Å²) in [6.07, 6.45) is 5.10. The molecule has 0 unspecified atom stereocenters. The fraction of sp³-hybridized carbons (Fsp3) is 0. The van der Waals surface area contributed by atoms with Crippen LogP contribution in [-0.4, -0.2) is 20.9 Å². The van der Waals surface area contributed by atoms with E-state index in [4.69, 9.17) is 0 Å². The number of aromatic carboxylic acids is 1. The van der Waals surface area contributed by atoms with Crippen LogP contribution in [0.2, 0.25) is 0 Å². The van der Waals surface area contributed by atoms with Gasteiger partial charge in [-0.1, -0.05) is 54.6 Å². The summed E-state index contributed by atoms with van der Waals surface area (Å²) in [6.45, 7) is 0. The lowest BCUT2D eigenvalue weighted by atomic mass is 10.1. The summed E-state index contributed by atoms with van der Waals surface area (Å²) in [5, 5.41) is 13.7. The van der Waals surface area contributed by atoms with Gasteiger partial charge in [0.25, 0.3) is 0 Å². The molecule has 4 heteroatoms. The lowest BCUT2D eigenvalue weighted by Crippen LogP contribution is -1.96. The lowest BCUT2D eigenvalue weighted by molar-refractivity contribution is 0.0696. The van der Waals surface area contributed by atoms with Gasteiger partial charge < -0.3 is 5.11 Å². The van der Waals surface area contributed by atoms with Crippen LogP contribution in [0, 0.1) is 0 Å². The van der Waals surface area contributed by atoms with Crippen molar-refractivity contribution in [2.45, 2.75) is 0 Å². The molecule has 22 heavy (non-hydrogen) atoms. The van der Waals surface area contributed by atoms with Crippen LogP contribution in [0.25, 0.3) is 17.8 Å². The molecule has 0 spiro atoms. The number of carbonyl (C=O) groups is 1. The van der Waals surface area contributed by atoms with E-state index < -0.39 is 5.97 Å². The van der Waals surface area contributed by atoms with Gasteiger partial charge in [0.2, 0.25) is 0 Å². The van der Waals surface area contributed by atoms with Crippen LogP contribution < -0.4 is 0 Å². The molecule has 3 aromatic rings. The second kappa shape index (κ2) is 6.10. The maximum atomic E-state index is 11.4. The number of hydrogen-bond donors (Lipinski definition) is 1. The smallest absolute Gasteiger partial charge is 0.339 e. The van der Waals surface area contributed by atoms with Gasteiger partial charge in [0.15, 0.2) is 0 Å². The van der Waals surface area contributed by atoms with Gasteiger partial charge in [-0.25, -0.2) is 9.48 Å². The SMILES string of the molecule is O=C(O)c1cn(-c2ccccc2)nc1C=Cc1ccccc1. The van der Waals surface area contributed by atoms with Crippen LogP contribution in [0.5, 0.6) is 0 Å². The van der Waals surface area contributed by atoms with Crippen molar-refractivity contribution in [3.8, 4) is 5.69 Å². The van der Waals surface area contributed by atoms with E-state index in [1.54, 1.807) is 10.8 Å². The Morgan fingerprint density at radius 3 is 2.23 bits per heavy atom. The fourth-order valence-corrected chi connectivity index (χ4v) is 2.13. The Morgan fingerprint density at radius 1 is 0.955 bits per heavy atom. The summed E-state index contributed by atoms with van der Waals surface area (Å²) in [5.74, 6) is -0.991. The van der Waals surface area contributed by atoms with Crippen molar-refractivity contribution < 1.29 is 9.90 Å². The molecular formula is C18H14N2O2. The molecule has 1 aromatic heterocycles. The van der Waals surface area contributed by atoms with Crippen molar-refractivity contribution in [2.75, 3.05) is 0 Å². The first-order valence-electron chi connectivity index (χ1n) is 6.85. The highest BCUT2D eigenvalue weighted by atomic mass is 16.4. The third-order valence-electron chi connectivity index (χ3n) is 3.23. The van der Waals surface area contributed by atoms with E-state index in [9.17, 15) is 9.90 Å². The standard InChI is InChI=1S/C18H14N2O2/c21-18(22)16-13-20(15-9-5-2-6-10-15)19-17(16)12-11-14-7-3-1-4-8-14/h1-13H,(H,21,22). The molecule has 0 saturated heterocycles. The number of aromatic nitrogens is 2. The van der Waals surface area contributed by atoms with Crippen LogP contribution >= 0.6 is 0 Å². The minimum atomic E-state index is -0.991. The number of nitrogens with zero attached hydrogens (tertiary/aromatic N) is 2. The van der Waals surface area contributed by atoms with Crippen LogP contribution in [-0.2, 0) is 0 Å². The zero-order valence-corrected chi connectivity index (χ0v) is 11.8. The lowest BCUT2D eigenvalue weighted by Gasteiger charge is -1.98. The zero-order valence-electron chi connectivity index (χ0n) is 11.8. The Morgan fingerprint density at radius 2 is 1.59 bits per heavy atom. The van der Waals surface area contributed by atoms with E-state index >= 15 is 0 Å². The minimum Gasteiger partial charge on any atom is -0.478 e. The van der Waals surface area contributed by atoms with Gasteiger partial charge in [-0.3, -0.25) is 0 Å². The molecule has 3 rings (SSSR count). The quantitative estimate of drug-likeness (QED) is 0.796. The molecule has 0 atom stereocenters. The second-order valence-electron chi connectivity index (χ2n) is 4.76. The molecule has 0 amide bonds. The van der Waals surface area contributed by atoms with Crippen molar-refractivity contribution in [3.63, 3.8) is 0 Å². The maximum Gasteiger partial charge on any atom is 0.339 e. The average molecular weight is 290 g/mol. The van der Waals surface area contributed by atoms with Crippen LogP contribution in [0.1, 0.15) is 21.6 Å². The Labute approximate surface area is 128 Å². The van der Waals surface area contributed by atoms with Crippen molar-refractivity contribution in [2.24, 2.45) is 0 Å². The summed E-state index contributed by atoms with van der Waals surface area (Å²) in [7, 11) is 0. The third-order valence-corrected chi connectivity index (χ3v) is 3.23. The van der Waals surface area contributed by atoms with Gasteiger partial charge >= 0.3 is 5.97 Å². The Kier molecular flexibility index (Phi) is 3.83. The molecule has 0 fully saturated rings. The van der Waals surface area contributed by atoms with Crippen LogP contribution in [0.15, 0.2) is 66.9 Å². The van der Waals surface area contributed by atoms with E-state index in [1.807, 2.05) is 66.7 Å². The molecule has 0 aliphatic heterocycles. The molecule has 1 heterocycles.